The second-order valence-electron chi connectivity index (χ2n) is 4.63. The van der Waals surface area contributed by atoms with Gasteiger partial charge in [0.2, 0.25) is 0 Å². The quantitative estimate of drug-likeness (QED) is 0.883. The Morgan fingerprint density at radius 3 is 2.53 bits per heavy atom. The fourth-order valence-corrected chi connectivity index (χ4v) is 2.61. The fraction of sp³-hybridized carbons (Fsp3) is 0.250. The van der Waals surface area contributed by atoms with Gasteiger partial charge in [0.15, 0.2) is 0 Å². The lowest BCUT2D eigenvalue weighted by Crippen LogP contribution is -2.01. The molecule has 100 valence electrons. The molecule has 0 aliphatic carbocycles. The number of anilines is 1. The normalized spacial score (nSPS) is 10.3. The number of methoxy groups -OCH3 is 1. The van der Waals surface area contributed by atoms with Gasteiger partial charge in [-0.25, -0.2) is 0 Å². The van der Waals surface area contributed by atoms with E-state index in [9.17, 15) is 0 Å². The van der Waals surface area contributed by atoms with E-state index < -0.39 is 0 Å². The van der Waals surface area contributed by atoms with Gasteiger partial charge in [-0.15, -0.1) is 0 Å². The van der Waals surface area contributed by atoms with Crippen LogP contribution < -0.4 is 10.1 Å². The first-order chi connectivity index (χ1) is 9.10. The minimum Gasteiger partial charge on any atom is -0.496 e. The van der Waals surface area contributed by atoms with E-state index in [0.29, 0.717) is 0 Å². The summed E-state index contributed by atoms with van der Waals surface area (Å²) in [5.74, 6) is 0.919. The van der Waals surface area contributed by atoms with E-state index in [0.717, 1.165) is 28.0 Å². The molecule has 0 atom stereocenters. The number of benzene rings is 2. The summed E-state index contributed by atoms with van der Waals surface area (Å²) in [4.78, 5) is 0. The number of halogens is 1. The Morgan fingerprint density at radius 2 is 1.89 bits per heavy atom. The molecular weight excluding hydrogens is 302 g/mol. The minimum absolute atomic E-state index is 0.798. The predicted molar refractivity (Wildman–Crippen MR) is 83.9 cm³/mol. The highest BCUT2D eigenvalue weighted by Crippen LogP contribution is 2.23. The Labute approximate surface area is 122 Å². The molecule has 0 aliphatic heterocycles. The molecule has 1 N–H and O–H groups in total. The molecule has 0 spiro atoms. The zero-order valence-electron chi connectivity index (χ0n) is 11.5. The van der Waals surface area contributed by atoms with Crippen molar-refractivity contribution in [2.24, 2.45) is 0 Å². The van der Waals surface area contributed by atoms with Crippen molar-refractivity contribution < 1.29 is 4.74 Å². The lowest BCUT2D eigenvalue weighted by Gasteiger charge is -2.11. The summed E-state index contributed by atoms with van der Waals surface area (Å²) in [6.07, 6.45) is 0. The molecule has 2 nitrogen and oxygen atoms in total. The van der Waals surface area contributed by atoms with Crippen molar-refractivity contribution in [3.05, 3.63) is 57.6 Å². The topological polar surface area (TPSA) is 21.3 Å². The van der Waals surface area contributed by atoms with Gasteiger partial charge in [0.1, 0.15) is 5.75 Å². The fourth-order valence-electron chi connectivity index (χ4n) is 1.98. The van der Waals surface area contributed by atoms with Crippen molar-refractivity contribution in [2.45, 2.75) is 20.4 Å². The summed E-state index contributed by atoms with van der Waals surface area (Å²) in [6.45, 7) is 4.94. The largest absolute Gasteiger partial charge is 0.496 e. The van der Waals surface area contributed by atoms with Crippen LogP contribution in [0.4, 0.5) is 5.69 Å². The van der Waals surface area contributed by atoms with Crippen LogP contribution >= 0.6 is 15.9 Å². The molecule has 0 amide bonds. The molecule has 0 aromatic heterocycles. The molecule has 0 saturated heterocycles. The van der Waals surface area contributed by atoms with Gasteiger partial charge >= 0.3 is 0 Å². The zero-order valence-corrected chi connectivity index (χ0v) is 13.0. The Bertz CT molecular complexity index is 581. The maximum atomic E-state index is 5.26. The van der Waals surface area contributed by atoms with E-state index in [4.69, 9.17) is 4.74 Å². The highest BCUT2D eigenvalue weighted by Gasteiger charge is 2.02. The van der Waals surface area contributed by atoms with Crippen LogP contribution in [0.1, 0.15) is 16.7 Å². The standard InChI is InChI=1S/C16H18BrNO/c1-11-4-5-13(15(17)8-11)10-18-14-6-7-16(19-3)12(2)9-14/h4-9,18H,10H2,1-3H3. The Hall–Kier alpha value is -1.48. The second-order valence-corrected chi connectivity index (χ2v) is 5.49. The molecule has 2 aromatic carbocycles. The number of hydrogen-bond acceptors (Lipinski definition) is 2. The molecule has 0 heterocycles. The van der Waals surface area contributed by atoms with Gasteiger partial charge in [0, 0.05) is 16.7 Å². The van der Waals surface area contributed by atoms with Gasteiger partial charge in [-0.3, -0.25) is 0 Å². The zero-order chi connectivity index (χ0) is 13.8. The van der Waals surface area contributed by atoms with Crippen LogP contribution in [0.25, 0.3) is 0 Å². The summed E-state index contributed by atoms with van der Waals surface area (Å²) in [5, 5.41) is 3.43. The Kier molecular flexibility index (Phi) is 4.48. The smallest absolute Gasteiger partial charge is 0.121 e. The molecule has 0 bridgehead atoms. The minimum atomic E-state index is 0.798. The number of nitrogens with one attached hydrogen (secondary N) is 1. The maximum Gasteiger partial charge on any atom is 0.121 e. The number of rotatable bonds is 4. The lowest BCUT2D eigenvalue weighted by molar-refractivity contribution is 0.412. The van der Waals surface area contributed by atoms with E-state index in [1.165, 1.54) is 11.1 Å². The average molecular weight is 320 g/mol. The van der Waals surface area contributed by atoms with E-state index >= 15 is 0 Å². The molecule has 19 heavy (non-hydrogen) atoms. The third-order valence-electron chi connectivity index (χ3n) is 3.09. The van der Waals surface area contributed by atoms with Gasteiger partial charge in [0.05, 0.1) is 7.11 Å². The number of aryl methyl sites for hydroxylation is 2. The molecule has 3 heteroatoms. The molecule has 0 saturated carbocycles. The highest BCUT2D eigenvalue weighted by molar-refractivity contribution is 9.10. The summed E-state index contributed by atoms with van der Waals surface area (Å²) >= 11 is 3.60. The number of ether oxygens (including phenoxy) is 1. The first-order valence-electron chi connectivity index (χ1n) is 6.23. The van der Waals surface area contributed by atoms with E-state index in [-0.39, 0.29) is 0 Å². The van der Waals surface area contributed by atoms with E-state index in [1.54, 1.807) is 7.11 Å². The van der Waals surface area contributed by atoms with Crippen LogP contribution in [0.2, 0.25) is 0 Å². The predicted octanol–water partition coefficient (Wildman–Crippen LogP) is 4.69. The molecule has 2 aromatic rings. The van der Waals surface area contributed by atoms with Gasteiger partial charge < -0.3 is 10.1 Å². The average Bonchev–Trinajstić information content (AvgIpc) is 2.38. The van der Waals surface area contributed by atoms with Crippen LogP contribution in [0, 0.1) is 13.8 Å². The Morgan fingerprint density at radius 1 is 1.11 bits per heavy atom. The summed E-state index contributed by atoms with van der Waals surface area (Å²) in [5.41, 5.74) is 4.75. The van der Waals surface area contributed by atoms with E-state index in [2.05, 4.69) is 52.4 Å². The van der Waals surface area contributed by atoms with Crippen LogP contribution in [0.15, 0.2) is 40.9 Å². The van der Waals surface area contributed by atoms with Gasteiger partial charge in [-0.1, -0.05) is 28.1 Å². The van der Waals surface area contributed by atoms with Crippen molar-refractivity contribution in [1.29, 1.82) is 0 Å². The lowest BCUT2D eigenvalue weighted by atomic mass is 10.1. The van der Waals surface area contributed by atoms with Crippen LogP contribution in [-0.2, 0) is 6.54 Å². The van der Waals surface area contributed by atoms with E-state index in [1.807, 2.05) is 19.1 Å². The SMILES string of the molecule is COc1ccc(NCc2ccc(C)cc2Br)cc1C. The molecule has 2 rings (SSSR count). The van der Waals surface area contributed by atoms with Crippen molar-refractivity contribution in [2.75, 3.05) is 12.4 Å². The van der Waals surface area contributed by atoms with Gasteiger partial charge in [0.25, 0.3) is 0 Å². The molecular formula is C16H18BrNO. The van der Waals surface area contributed by atoms with Crippen LogP contribution in [-0.4, -0.2) is 7.11 Å². The van der Waals surface area contributed by atoms with Crippen LogP contribution in [0.5, 0.6) is 5.75 Å². The first-order valence-corrected chi connectivity index (χ1v) is 7.03. The van der Waals surface area contributed by atoms with Crippen molar-refractivity contribution in [1.82, 2.24) is 0 Å². The highest BCUT2D eigenvalue weighted by atomic mass is 79.9. The molecule has 0 aliphatic rings. The number of hydrogen-bond donors (Lipinski definition) is 1. The van der Waals surface area contributed by atoms with Crippen molar-refractivity contribution >= 4 is 21.6 Å². The maximum absolute atomic E-state index is 5.26. The van der Waals surface area contributed by atoms with Crippen molar-refractivity contribution in [3.8, 4) is 5.75 Å². The van der Waals surface area contributed by atoms with Gasteiger partial charge in [-0.2, -0.15) is 0 Å². The molecule has 0 fully saturated rings. The summed E-state index contributed by atoms with van der Waals surface area (Å²) in [7, 11) is 1.69. The van der Waals surface area contributed by atoms with Crippen molar-refractivity contribution in [3.63, 3.8) is 0 Å². The summed E-state index contributed by atoms with van der Waals surface area (Å²) in [6, 6.07) is 12.5. The molecule has 0 radical (unpaired) electrons. The third kappa shape index (κ3) is 3.51. The Balaban J connectivity index is 2.08. The summed E-state index contributed by atoms with van der Waals surface area (Å²) < 4.78 is 6.40. The van der Waals surface area contributed by atoms with Gasteiger partial charge in [-0.05, 0) is 54.8 Å². The second kappa shape index (κ2) is 6.11. The van der Waals surface area contributed by atoms with Crippen LogP contribution in [0.3, 0.4) is 0 Å². The monoisotopic (exact) mass is 319 g/mol. The molecule has 0 unspecified atom stereocenters. The third-order valence-corrected chi connectivity index (χ3v) is 3.82. The first kappa shape index (κ1) is 13.9.